The molecule has 7 heteroatoms. The first-order valence-corrected chi connectivity index (χ1v) is 9.77. The summed E-state index contributed by atoms with van der Waals surface area (Å²) in [5.74, 6) is 0.185. The van der Waals surface area contributed by atoms with Gasteiger partial charge in [0, 0.05) is 12.2 Å². The minimum Gasteiger partial charge on any atom is -0.497 e. The lowest BCUT2D eigenvalue weighted by atomic mass is 10.2. The first kappa shape index (κ1) is 19.9. The van der Waals surface area contributed by atoms with Crippen LogP contribution < -0.4 is 10.1 Å². The van der Waals surface area contributed by atoms with Crippen molar-refractivity contribution in [2.45, 2.75) is 31.7 Å². The Bertz CT molecular complexity index is 846. The van der Waals surface area contributed by atoms with Gasteiger partial charge in [0.1, 0.15) is 11.8 Å². The number of likely N-dealkylation sites (N-methyl/N-ethyl adjacent to an activating group) is 1. The van der Waals surface area contributed by atoms with Gasteiger partial charge in [0.2, 0.25) is 15.9 Å². The summed E-state index contributed by atoms with van der Waals surface area (Å²) >= 11 is 0. The molecular formula is C19H24N2O4S. The predicted molar refractivity (Wildman–Crippen MR) is 102 cm³/mol. The van der Waals surface area contributed by atoms with Crippen molar-refractivity contribution in [3.05, 3.63) is 54.1 Å². The molecule has 0 aliphatic rings. The fourth-order valence-corrected chi connectivity index (χ4v) is 4.15. The molecule has 0 unspecified atom stereocenters. The summed E-state index contributed by atoms with van der Waals surface area (Å²) in [6.07, 6.45) is 0. The number of carbonyl (C=O) groups excluding carboxylic acids is 1. The normalized spacial score (nSPS) is 12.7. The number of rotatable bonds is 7. The maximum atomic E-state index is 12.9. The van der Waals surface area contributed by atoms with Gasteiger partial charge in [-0.15, -0.1) is 0 Å². The van der Waals surface area contributed by atoms with Gasteiger partial charge >= 0.3 is 0 Å². The maximum Gasteiger partial charge on any atom is 0.243 e. The van der Waals surface area contributed by atoms with Gasteiger partial charge in [-0.05, 0) is 50.2 Å². The van der Waals surface area contributed by atoms with Crippen LogP contribution in [0.25, 0.3) is 0 Å². The molecule has 0 aliphatic heterocycles. The summed E-state index contributed by atoms with van der Waals surface area (Å²) in [4.78, 5) is 12.7. The van der Waals surface area contributed by atoms with Gasteiger partial charge in [0.05, 0.1) is 12.0 Å². The summed E-state index contributed by atoms with van der Waals surface area (Å²) in [6, 6.07) is 12.6. The lowest BCUT2D eigenvalue weighted by Crippen LogP contribution is -2.45. The number of nitrogens with one attached hydrogen (secondary N) is 1. The van der Waals surface area contributed by atoms with Crippen molar-refractivity contribution in [3.8, 4) is 5.75 Å². The summed E-state index contributed by atoms with van der Waals surface area (Å²) < 4.78 is 32.1. The third-order valence-corrected chi connectivity index (χ3v) is 6.17. The molecule has 0 bridgehead atoms. The Kier molecular flexibility index (Phi) is 6.39. The molecule has 2 rings (SSSR count). The summed E-state index contributed by atoms with van der Waals surface area (Å²) in [7, 11) is -2.29. The fourth-order valence-electron chi connectivity index (χ4n) is 2.55. The topological polar surface area (TPSA) is 75.7 Å². The lowest BCUT2D eigenvalue weighted by molar-refractivity contribution is -0.119. The number of hydrogen-bond acceptors (Lipinski definition) is 4. The molecule has 0 saturated carbocycles. The van der Waals surface area contributed by atoms with Crippen LogP contribution in [0.1, 0.15) is 19.4 Å². The first-order chi connectivity index (χ1) is 12.3. The van der Waals surface area contributed by atoms with Gasteiger partial charge in [-0.2, -0.15) is 4.31 Å². The van der Waals surface area contributed by atoms with Crippen molar-refractivity contribution in [2.24, 2.45) is 0 Å². The Morgan fingerprint density at radius 3 is 2.19 bits per heavy atom. The molecule has 0 saturated heterocycles. The van der Waals surface area contributed by atoms with Gasteiger partial charge < -0.3 is 10.1 Å². The number of carbonyl (C=O) groups is 1. The lowest BCUT2D eigenvalue weighted by Gasteiger charge is -2.26. The van der Waals surface area contributed by atoms with Crippen LogP contribution in [0, 0.1) is 6.92 Å². The molecule has 0 heterocycles. The highest BCUT2D eigenvalue weighted by Crippen LogP contribution is 2.21. The van der Waals surface area contributed by atoms with E-state index in [-0.39, 0.29) is 17.3 Å². The number of ether oxygens (including phenoxy) is 1. The van der Waals surface area contributed by atoms with Gasteiger partial charge in [-0.1, -0.05) is 24.6 Å². The van der Waals surface area contributed by atoms with Crippen LogP contribution >= 0.6 is 0 Å². The fraction of sp³-hybridized carbons (Fsp3) is 0.316. The molecule has 140 valence electrons. The predicted octanol–water partition coefficient (Wildman–Crippen LogP) is 3.04. The van der Waals surface area contributed by atoms with Gasteiger partial charge in [0.25, 0.3) is 0 Å². The molecule has 2 aromatic carbocycles. The van der Waals surface area contributed by atoms with Gasteiger partial charge in [-0.25, -0.2) is 8.42 Å². The molecule has 0 fully saturated rings. The van der Waals surface area contributed by atoms with Crippen molar-refractivity contribution in [2.75, 3.05) is 19.0 Å². The number of anilines is 1. The number of benzene rings is 2. The molecule has 26 heavy (non-hydrogen) atoms. The Morgan fingerprint density at radius 2 is 1.69 bits per heavy atom. The average Bonchev–Trinajstić information content (AvgIpc) is 2.63. The van der Waals surface area contributed by atoms with E-state index in [1.165, 1.54) is 23.5 Å². The second-order valence-electron chi connectivity index (χ2n) is 5.92. The molecule has 6 nitrogen and oxygen atoms in total. The number of aryl methyl sites for hydroxylation is 1. The van der Waals surface area contributed by atoms with Crippen LogP contribution in [0.5, 0.6) is 5.75 Å². The van der Waals surface area contributed by atoms with E-state index in [1.54, 1.807) is 38.1 Å². The van der Waals surface area contributed by atoms with E-state index in [4.69, 9.17) is 4.74 Å². The van der Waals surface area contributed by atoms with Crippen molar-refractivity contribution in [3.63, 3.8) is 0 Å². The number of methoxy groups -OCH3 is 1. The third-order valence-electron chi connectivity index (χ3n) is 4.11. The molecule has 2 aromatic rings. The maximum absolute atomic E-state index is 12.9. The number of nitrogens with zero attached hydrogens (tertiary/aromatic N) is 1. The smallest absolute Gasteiger partial charge is 0.243 e. The van der Waals surface area contributed by atoms with Crippen molar-refractivity contribution >= 4 is 21.6 Å². The SMILES string of the molecule is CCN([C@H](C)C(=O)Nc1ccc(C)cc1)S(=O)(=O)c1ccc(OC)cc1. The van der Waals surface area contributed by atoms with Crippen LogP contribution in [-0.4, -0.2) is 38.3 Å². The van der Waals surface area contributed by atoms with E-state index in [0.29, 0.717) is 11.4 Å². The van der Waals surface area contributed by atoms with E-state index >= 15 is 0 Å². The van der Waals surface area contributed by atoms with E-state index < -0.39 is 16.1 Å². The van der Waals surface area contributed by atoms with Crippen LogP contribution in [0.2, 0.25) is 0 Å². The van der Waals surface area contributed by atoms with Crippen molar-refractivity contribution in [1.82, 2.24) is 4.31 Å². The Balaban J connectivity index is 2.21. The first-order valence-electron chi connectivity index (χ1n) is 8.33. The third kappa shape index (κ3) is 4.42. The zero-order chi connectivity index (χ0) is 19.3. The van der Waals surface area contributed by atoms with Gasteiger partial charge in [-0.3, -0.25) is 4.79 Å². The molecular weight excluding hydrogens is 352 g/mol. The Labute approximate surface area is 154 Å². The number of hydrogen-bond donors (Lipinski definition) is 1. The minimum absolute atomic E-state index is 0.120. The van der Waals surface area contributed by atoms with Gasteiger partial charge in [0.15, 0.2) is 0 Å². The van der Waals surface area contributed by atoms with Crippen molar-refractivity contribution < 1.29 is 17.9 Å². The number of sulfonamides is 1. The van der Waals surface area contributed by atoms with Crippen molar-refractivity contribution in [1.29, 1.82) is 0 Å². The summed E-state index contributed by atoms with van der Waals surface area (Å²) in [5.41, 5.74) is 1.71. The monoisotopic (exact) mass is 376 g/mol. The molecule has 0 spiro atoms. The summed E-state index contributed by atoms with van der Waals surface area (Å²) in [5, 5.41) is 2.76. The van der Waals surface area contributed by atoms with Crippen LogP contribution in [0.4, 0.5) is 5.69 Å². The molecule has 1 atom stereocenters. The molecule has 1 amide bonds. The molecule has 0 aromatic heterocycles. The minimum atomic E-state index is -3.80. The quantitative estimate of drug-likeness (QED) is 0.806. The highest BCUT2D eigenvalue weighted by Gasteiger charge is 2.31. The Morgan fingerprint density at radius 1 is 1.12 bits per heavy atom. The number of amides is 1. The van der Waals surface area contributed by atoms with E-state index in [1.807, 2.05) is 19.1 Å². The highest BCUT2D eigenvalue weighted by atomic mass is 32.2. The zero-order valence-corrected chi connectivity index (χ0v) is 16.2. The molecule has 0 aliphatic carbocycles. The van der Waals surface area contributed by atoms with Crippen LogP contribution in [0.15, 0.2) is 53.4 Å². The van der Waals surface area contributed by atoms with Crippen LogP contribution in [-0.2, 0) is 14.8 Å². The molecule has 0 radical (unpaired) electrons. The second kappa shape index (κ2) is 8.33. The largest absolute Gasteiger partial charge is 0.497 e. The summed E-state index contributed by atoms with van der Waals surface area (Å²) in [6.45, 7) is 5.41. The van der Waals surface area contributed by atoms with E-state index in [2.05, 4.69) is 5.32 Å². The highest BCUT2D eigenvalue weighted by molar-refractivity contribution is 7.89. The average molecular weight is 376 g/mol. The molecule has 1 N–H and O–H groups in total. The van der Waals surface area contributed by atoms with E-state index in [0.717, 1.165) is 5.56 Å². The van der Waals surface area contributed by atoms with Crippen LogP contribution in [0.3, 0.4) is 0 Å². The zero-order valence-electron chi connectivity index (χ0n) is 15.4. The standard InChI is InChI=1S/C19H24N2O4S/c1-5-21(26(23,24)18-12-10-17(25-4)11-13-18)15(3)19(22)20-16-8-6-14(2)7-9-16/h6-13,15H,5H2,1-4H3,(H,20,22)/t15-/m1/s1. The Hall–Kier alpha value is -2.38. The van der Waals surface area contributed by atoms with E-state index in [9.17, 15) is 13.2 Å². The second-order valence-corrected chi connectivity index (χ2v) is 7.81.